The number of aromatic nitrogens is 2. The molecule has 3 rings (SSSR count). The number of nitrogens with zero attached hydrogens (tertiary/aromatic N) is 3. The van der Waals surface area contributed by atoms with Crippen molar-refractivity contribution in [3.05, 3.63) is 47.3 Å². The van der Waals surface area contributed by atoms with Gasteiger partial charge in [-0.3, -0.25) is 9.59 Å². The van der Waals surface area contributed by atoms with Gasteiger partial charge in [0.25, 0.3) is 5.91 Å². The van der Waals surface area contributed by atoms with Gasteiger partial charge in [0.05, 0.1) is 23.1 Å². The molecule has 0 spiro atoms. The molecule has 0 aliphatic carbocycles. The van der Waals surface area contributed by atoms with Crippen LogP contribution in [0, 0.1) is 19.8 Å². The van der Waals surface area contributed by atoms with Crippen LogP contribution in [0.2, 0.25) is 0 Å². The van der Waals surface area contributed by atoms with Crippen LogP contribution < -0.4 is 0 Å². The molecule has 6 heteroatoms. The standard InChI is InChI=1S/C19H23N3O3/c1-13-5-3-4-6-17(13)22-14(2)16(12-20-22)19(25)21-9-7-15(8-10-21)11-18(23)24/h3-6,12,15H,7-11H2,1-2H3,(H,23,24). The molecule has 25 heavy (non-hydrogen) atoms. The molecule has 1 aliphatic heterocycles. The number of hydrogen-bond acceptors (Lipinski definition) is 3. The maximum Gasteiger partial charge on any atom is 0.303 e. The van der Waals surface area contributed by atoms with Gasteiger partial charge < -0.3 is 10.0 Å². The molecule has 1 aromatic carbocycles. The van der Waals surface area contributed by atoms with E-state index in [2.05, 4.69) is 5.10 Å². The number of para-hydroxylation sites is 1. The third kappa shape index (κ3) is 3.57. The van der Waals surface area contributed by atoms with Crippen molar-refractivity contribution >= 4 is 11.9 Å². The van der Waals surface area contributed by atoms with Crippen LogP contribution in [0.25, 0.3) is 5.69 Å². The van der Waals surface area contributed by atoms with Crippen LogP contribution in [0.1, 0.15) is 40.9 Å². The minimum atomic E-state index is -0.764. The Morgan fingerprint density at radius 3 is 2.52 bits per heavy atom. The summed E-state index contributed by atoms with van der Waals surface area (Å²) < 4.78 is 1.81. The van der Waals surface area contributed by atoms with Crippen LogP contribution in [0.3, 0.4) is 0 Å². The molecule has 1 saturated heterocycles. The molecular weight excluding hydrogens is 318 g/mol. The SMILES string of the molecule is Cc1ccccc1-n1ncc(C(=O)N2CCC(CC(=O)O)CC2)c1C. The van der Waals surface area contributed by atoms with Crippen molar-refractivity contribution in [3.8, 4) is 5.69 Å². The van der Waals surface area contributed by atoms with Gasteiger partial charge in [-0.25, -0.2) is 4.68 Å². The van der Waals surface area contributed by atoms with Crippen molar-refractivity contribution < 1.29 is 14.7 Å². The van der Waals surface area contributed by atoms with Gasteiger partial charge in [0, 0.05) is 19.5 Å². The summed E-state index contributed by atoms with van der Waals surface area (Å²) in [5.41, 5.74) is 3.51. The highest BCUT2D eigenvalue weighted by molar-refractivity contribution is 5.95. The number of rotatable bonds is 4. The lowest BCUT2D eigenvalue weighted by Crippen LogP contribution is -2.39. The Hall–Kier alpha value is -2.63. The zero-order valence-electron chi connectivity index (χ0n) is 14.6. The van der Waals surface area contributed by atoms with Gasteiger partial charge in [0.1, 0.15) is 0 Å². The fraction of sp³-hybridized carbons (Fsp3) is 0.421. The predicted octanol–water partition coefficient (Wildman–Crippen LogP) is 2.82. The van der Waals surface area contributed by atoms with Crippen molar-refractivity contribution in [2.45, 2.75) is 33.1 Å². The molecular formula is C19H23N3O3. The molecule has 6 nitrogen and oxygen atoms in total. The normalized spacial score (nSPS) is 15.4. The van der Waals surface area contributed by atoms with Gasteiger partial charge in [-0.1, -0.05) is 18.2 Å². The van der Waals surface area contributed by atoms with Gasteiger partial charge in [-0.15, -0.1) is 0 Å². The molecule has 0 radical (unpaired) electrons. The van der Waals surface area contributed by atoms with E-state index >= 15 is 0 Å². The van der Waals surface area contributed by atoms with Gasteiger partial charge in [-0.2, -0.15) is 5.10 Å². The average molecular weight is 341 g/mol. The highest BCUT2D eigenvalue weighted by atomic mass is 16.4. The lowest BCUT2D eigenvalue weighted by Gasteiger charge is -2.31. The molecule has 0 unspecified atom stereocenters. The largest absolute Gasteiger partial charge is 0.481 e. The van der Waals surface area contributed by atoms with Gasteiger partial charge in [0.15, 0.2) is 0 Å². The van der Waals surface area contributed by atoms with Crippen LogP contribution in [-0.4, -0.2) is 44.8 Å². The van der Waals surface area contributed by atoms with E-state index in [0.717, 1.165) is 29.8 Å². The first-order valence-electron chi connectivity index (χ1n) is 8.59. The van der Waals surface area contributed by atoms with Crippen molar-refractivity contribution in [1.82, 2.24) is 14.7 Å². The van der Waals surface area contributed by atoms with Crippen molar-refractivity contribution in [3.63, 3.8) is 0 Å². The number of carboxylic acid groups (broad SMARTS) is 1. The molecule has 1 N–H and O–H groups in total. The average Bonchev–Trinajstić information content (AvgIpc) is 2.96. The number of carbonyl (C=O) groups excluding carboxylic acids is 1. The Balaban J connectivity index is 1.74. The summed E-state index contributed by atoms with van der Waals surface area (Å²) >= 11 is 0. The number of aliphatic carboxylic acids is 1. The lowest BCUT2D eigenvalue weighted by atomic mass is 9.93. The Bertz CT molecular complexity index is 789. The molecule has 0 atom stereocenters. The molecule has 132 valence electrons. The summed E-state index contributed by atoms with van der Waals surface area (Å²) in [4.78, 5) is 25.5. The molecule has 0 bridgehead atoms. The Labute approximate surface area is 147 Å². The summed E-state index contributed by atoms with van der Waals surface area (Å²) in [5.74, 6) is -0.622. The lowest BCUT2D eigenvalue weighted by molar-refractivity contribution is -0.138. The number of aryl methyl sites for hydroxylation is 1. The van der Waals surface area contributed by atoms with Crippen molar-refractivity contribution in [1.29, 1.82) is 0 Å². The fourth-order valence-electron chi connectivity index (χ4n) is 3.42. The van der Waals surface area contributed by atoms with Gasteiger partial charge in [-0.05, 0) is 44.2 Å². The number of amides is 1. The topological polar surface area (TPSA) is 75.4 Å². The number of hydrogen-bond donors (Lipinski definition) is 1. The zero-order chi connectivity index (χ0) is 18.0. The van der Waals surface area contributed by atoms with E-state index in [1.54, 1.807) is 10.9 Å². The van der Waals surface area contributed by atoms with E-state index in [1.165, 1.54) is 0 Å². The minimum absolute atomic E-state index is 0.0221. The van der Waals surface area contributed by atoms with Crippen LogP contribution in [0.15, 0.2) is 30.5 Å². The quantitative estimate of drug-likeness (QED) is 0.928. The third-order valence-corrected chi connectivity index (χ3v) is 4.95. The third-order valence-electron chi connectivity index (χ3n) is 4.95. The van der Waals surface area contributed by atoms with Crippen LogP contribution in [0.4, 0.5) is 0 Å². The maximum absolute atomic E-state index is 12.8. The molecule has 1 amide bonds. The monoisotopic (exact) mass is 341 g/mol. The molecule has 2 aromatic rings. The van der Waals surface area contributed by atoms with E-state index in [9.17, 15) is 9.59 Å². The highest BCUT2D eigenvalue weighted by Crippen LogP contribution is 2.24. The molecule has 1 aromatic heterocycles. The summed E-state index contributed by atoms with van der Waals surface area (Å²) in [5, 5.41) is 13.3. The number of carboxylic acids is 1. The first-order chi connectivity index (χ1) is 12.0. The van der Waals surface area contributed by atoms with Crippen molar-refractivity contribution in [2.75, 3.05) is 13.1 Å². The number of piperidine rings is 1. The smallest absolute Gasteiger partial charge is 0.303 e. The maximum atomic E-state index is 12.8. The summed E-state index contributed by atoms with van der Waals surface area (Å²) in [6, 6.07) is 7.94. The zero-order valence-corrected chi connectivity index (χ0v) is 14.6. The van der Waals surface area contributed by atoms with Crippen LogP contribution in [-0.2, 0) is 4.79 Å². The molecule has 1 fully saturated rings. The Morgan fingerprint density at radius 2 is 1.88 bits per heavy atom. The fourth-order valence-corrected chi connectivity index (χ4v) is 3.42. The first kappa shape index (κ1) is 17.2. The van der Waals surface area contributed by atoms with Crippen LogP contribution >= 0.6 is 0 Å². The second-order valence-electron chi connectivity index (χ2n) is 6.68. The summed E-state index contributed by atoms with van der Waals surface area (Å²) in [7, 11) is 0. The summed E-state index contributed by atoms with van der Waals surface area (Å²) in [6.45, 7) is 5.13. The molecule has 1 aliphatic rings. The van der Waals surface area contributed by atoms with Crippen LogP contribution in [0.5, 0.6) is 0 Å². The molecule has 2 heterocycles. The summed E-state index contributed by atoms with van der Waals surface area (Å²) in [6.07, 6.45) is 3.30. The predicted molar refractivity (Wildman–Crippen MR) is 93.9 cm³/mol. The number of likely N-dealkylation sites (tertiary alicyclic amines) is 1. The number of carbonyl (C=O) groups is 2. The van der Waals surface area contributed by atoms with E-state index in [4.69, 9.17) is 5.11 Å². The second kappa shape index (κ2) is 7.09. The second-order valence-corrected chi connectivity index (χ2v) is 6.68. The van der Waals surface area contributed by atoms with E-state index in [0.29, 0.717) is 18.7 Å². The minimum Gasteiger partial charge on any atom is -0.481 e. The van der Waals surface area contributed by atoms with Gasteiger partial charge in [0.2, 0.25) is 0 Å². The highest BCUT2D eigenvalue weighted by Gasteiger charge is 2.27. The van der Waals surface area contributed by atoms with Crippen molar-refractivity contribution in [2.24, 2.45) is 5.92 Å². The Kier molecular flexibility index (Phi) is 4.88. The van der Waals surface area contributed by atoms with E-state index in [-0.39, 0.29) is 18.2 Å². The molecule has 0 saturated carbocycles. The van der Waals surface area contributed by atoms with E-state index in [1.807, 2.05) is 43.0 Å². The number of benzene rings is 1. The Morgan fingerprint density at radius 1 is 1.20 bits per heavy atom. The van der Waals surface area contributed by atoms with E-state index < -0.39 is 5.97 Å². The first-order valence-corrected chi connectivity index (χ1v) is 8.59. The van der Waals surface area contributed by atoms with Gasteiger partial charge >= 0.3 is 5.97 Å².